The van der Waals surface area contributed by atoms with Crippen LogP contribution in [0.1, 0.15) is 31.2 Å². The third-order valence-electron chi connectivity index (χ3n) is 3.19. The minimum atomic E-state index is 0.302. The lowest BCUT2D eigenvalue weighted by atomic mass is 9.95. The van der Waals surface area contributed by atoms with Crippen molar-refractivity contribution in [1.29, 1.82) is 0 Å². The van der Waals surface area contributed by atoms with E-state index < -0.39 is 0 Å². The molecular formula is C13H17BrClN. The maximum Gasteiger partial charge on any atom is 0.0489 e. The molecule has 88 valence electrons. The summed E-state index contributed by atoms with van der Waals surface area (Å²) in [4.78, 5) is 0. The van der Waals surface area contributed by atoms with Crippen molar-refractivity contribution in [2.24, 2.45) is 0 Å². The molecule has 0 aliphatic heterocycles. The van der Waals surface area contributed by atoms with Gasteiger partial charge in [0.25, 0.3) is 0 Å². The summed E-state index contributed by atoms with van der Waals surface area (Å²) in [6.45, 7) is 0.898. The van der Waals surface area contributed by atoms with Gasteiger partial charge in [-0.1, -0.05) is 47.0 Å². The van der Waals surface area contributed by atoms with Gasteiger partial charge in [0.2, 0.25) is 0 Å². The van der Waals surface area contributed by atoms with Gasteiger partial charge in [-0.15, -0.1) is 11.6 Å². The van der Waals surface area contributed by atoms with Gasteiger partial charge in [0, 0.05) is 22.4 Å². The summed E-state index contributed by atoms with van der Waals surface area (Å²) in [5.41, 5.74) is 1.30. The van der Waals surface area contributed by atoms with E-state index in [2.05, 4.69) is 39.4 Å². The van der Waals surface area contributed by atoms with Gasteiger partial charge >= 0.3 is 0 Å². The van der Waals surface area contributed by atoms with Gasteiger partial charge in [-0.25, -0.2) is 0 Å². The van der Waals surface area contributed by atoms with Gasteiger partial charge in [0.1, 0.15) is 0 Å². The van der Waals surface area contributed by atoms with E-state index in [1.807, 2.05) is 6.07 Å². The van der Waals surface area contributed by atoms with Gasteiger partial charge in [-0.05, 0) is 24.5 Å². The Morgan fingerprint density at radius 3 is 2.75 bits per heavy atom. The average molecular weight is 303 g/mol. The summed E-state index contributed by atoms with van der Waals surface area (Å²) >= 11 is 9.88. The predicted molar refractivity (Wildman–Crippen MR) is 72.9 cm³/mol. The normalized spacial score (nSPS) is 25.6. The monoisotopic (exact) mass is 301 g/mol. The van der Waals surface area contributed by atoms with Gasteiger partial charge in [-0.3, -0.25) is 0 Å². The van der Waals surface area contributed by atoms with Gasteiger partial charge in [-0.2, -0.15) is 0 Å². The molecule has 0 amide bonds. The lowest BCUT2D eigenvalue weighted by Crippen LogP contribution is -2.38. The molecule has 0 heterocycles. The fraction of sp³-hybridized carbons (Fsp3) is 0.538. The van der Waals surface area contributed by atoms with E-state index in [-0.39, 0.29) is 0 Å². The summed E-state index contributed by atoms with van der Waals surface area (Å²) in [7, 11) is 0. The topological polar surface area (TPSA) is 12.0 Å². The molecule has 2 unspecified atom stereocenters. The lowest BCUT2D eigenvalue weighted by molar-refractivity contribution is 0.378. The Kier molecular flexibility index (Phi) is 4.68. The molecule has 0 radical (unpaired) electrons. The van der Waals surface area contributed by atoms with Crippen molar-refractivity contribution in [2.75, 3.05) is 0 Å². The summed E-state index contributed by atoms with van der Waals surface area (Å²) in [5, 5.41) is 3.87. The second kappa shape index (κ2) is 6.04. The zero-order chi connectivity index (χ0) is 11.4. The molecule has 2 rings (SSSR count). The second-order valence-electron chi connectivity index (χ2n) is 4.38. The molecule has 3 heteroatoms. The molecule has 0 spiro atoms. The van der Waals surface area contributed by atoms with Crippen LogP contribution in [0.15, 0.2) is 28.7 Å². The molecule has 1 aliphatic rings. The number of benzene rings is 1. The Hall–Kier alpha value is -0.0500. The number of halogens is 2. The highest BCUT2D eigenvalue weighted by Gasteiger charge is 2.22. The van der Waals surface area contributed by atoms with Crippen LogP contribution in [0.4, 0.5) is 0 Å². The number of alkyl halides is 1. The standard InChI is InChI=1S/C13H17BrClN/c14-11-6-2-1-5-10(11)9-16-13-8-4-3-7-12(13)15/h1-2,5-6,12-13,16H,3-4,7-9H2. The molecule has 1 nitrogen and oxygen atoms in total. The number of hydrogen-bond acceptors (Lipinski definition) is 1. The number of rotatable bonds is 3. The largest absolute Gasteiger partial charge is 0.308 e. The first-order chi connectivity index (χ1) is 7.77. The fourth-order valence-electron chi connectivity index (χ4n) is 2.20. The lowest BCUT2D eigenvalue weighted by Gasteiger charge is -2.28. The molecule has 1 aliphatic carbocycles. The molecule has 1 aromatic rings. The molecule has 1 saturated carbocycles. The molecule has 0 bridgehead atoms. The summed E-state index contributed by atoms with van der Waals surface area (Å²) < 4.78 is 1.17. The van der Waals surface area contributed by atoms with Crippen LogP contribution in [-0.4, -0.2) is 11.4 Å². The van der Waals surface area contributed by atoms with Crippen LogP contribution >= 0.6 is 27.5 Å². The summed E-state index contributed by atoms with van der Waals surface area (Å²) in [6, 6.07) is 8.81. The van der Waals surface area contributed by atoms with Crippen molar-refractivity contribution in [1.82, 2.24) is 5.32 Å². The van der Waals surface area contributed by atoms with Crippen LogP contribution in [0, 0.1) is 0 Å². The molecule has 1 aromatic carbocycles. The molecule has 1 fully saturated rings. The van der Waals surface area contributed by atoms with Crippen LogP contribution in [0.5, 0.6) is 0 Å². The molecule has 0 saturated heterocycles. The minimum absolute atomic E-state index is 0.302. The molecule has 2 atom stereocenters. The number of hydrogen-bond donors (Lipinski definition) is 1. The van der Waals surface area contributed by atoms with Crippen LogP contribution in [0.2, 0.25) is 0 Å². The minimum Gasteiger partial charge on any atom is -0.308 e. The van der Waals surface area contributed by atoms with Crippen LogP contribution in [-0.2, 0) is 6.54 Å². The predicted octanol–water partition coefficient (Wildman–Crippen LogP) is 4.09. The highest BCUT2D eigenvalue weighted by molar-refractivity contribution is 9.10. The summed E-state index contributed by atoms with van der Waals surface area (Å²) in [5.74, 6) is 0. The maximum atomic E-state index is 6.31. The quantitative estimate of drug-likeness (QED) is 0.829. The van der Waals surface area contributed by atoms with E-state index >= 15 is 0 Å². The van der Waals surface area contributed by atoms with Crippen molar-refractivity contribution >= 4 is 27.5 Å². The van der Waals surface area contributed by atoms with Gasteiger partial charge in [0.05, 0.1) is 0 Å². The Morgan fingerprint density at radius 1 is 1.25 bits per heavy atom. The first-order valence-electron chi connectivity index (χ1n) is 5.88. The van der Waals surface area contributed by atoms with E-state index in [1.54, 1.807) is 0 Å². The SMILES string of the molecule is ClC1CCCCC1NCc1ccccc1Br. The van der Waals surface area contributed by atoms with Crippen molar-refractivity contribution in [3.8, 4) is 0 Å². The first kappa shape index (κ1) is 12.4. The molecule has 16 heavy (non-hydrogen) atoms. The smallest absolute Gasteiger partial charge is 0.0489 e. The first-order valence-corrected chi connectivity index (χ1v) is 7.11. The zero-order valence-electron chi connectivity index (χ0n) is 9.26. The third kappa shape index (κ3) is 3.22. The third-order valence-corrected chi connectivity index (χ3v) is 4.49. The Labute approximate surface area is 111 Å². The Balaban J connectivity index is 1.89. The van der Waals surface area contributed by atoms with Crippen molar-refractivity contribution in [3.63, 3.8) is 0 Å². The van der Waals surface area contributed by atoms with Crippen molar-refractivity contribution < 1.29 is 0 Å². The molecule has 0 aromatic heterocycles. The summed E-state index contributed by atoms with van der Waals surface area (Å²) in [6.07, 6.45) is 4.94. The highest BCUT2D eigenvalue weighted by atomic mass is 79.9. The number of nitrogens with one attached hydrogen (secondary N) is 1. The van der Waals surface area contributed by atoms with Crippen LogP contribution < -0.4 is 5.32 Å². The van der Waals surface area contributed by atoms with E-state index in [0.717, 1.165) is 13.0 Å². The molecule has 1 N–H and O–H groups in total. The average Bonchev–Trinajstić information content (AvgIpc) is 2.30. The van der Waals surface area contributed by atoms with Crippen molar-refractivity contribution in [2.45, 2.75) is 43.6 Å². The van der Waals surface area contributed by atoms with E-state index in [0.29, 0.717) is 11.4 Å². The van der Waals surface area contributed by atoms with Crippen LogP contribution in [0.25, 0.3) is 0 Å². The van der Waals surface area contributed by atoms with E-state index in [9.17, 15) is 0 Å². The van der Waals surface area contributed by atoms with E-state index in [4.69, 9.17) is 11.6 Å². The fourth-order valence-corrected chi connectivity index (χ4v) is 2.99. The highest BCUT2D eigenvalue weighted by Crippen LogP contribution is 2.24. The van der Waals surface area contributed by atoms with E-state index in [1.165, 1.54) is 29.3 Å². The van der Waals surface area contributed by atoms with Gasteiger partial charge < -0.3 is 5.32 Å². The zero-order valence-corrected chi connectivity index (χ0v) is 11.6. The van der Waals surface area contributed by atoms with Crippen LogP contribution in [0.3, 0.4) is 0 Å². The molecular weight excluding hydrogens is 286 g/mol. The van der Waals surface area contributed by atoms with Gasteiger partial charge in [0.15, 0.2) is 0 Å². The van der Waals surface area contributed by atoms with Crippen molar-refractivity contribution in [3.05, 3.63) is 34.3 Å². The second-order valence-corrected chi connectivity index (χ2v) is 5.79. The Morgan fingerprint density at radius 2 is 2.00 bits per heavy atom. The Bertz CT molecular complexity index is 342. The maximum absolute atomic E-state index is 6.31.